The highest BCUT2D eigenvalue weighted by Crippen LogP contribution is 2.17. The third kappa shape index (κ3) is 2.53. The summed E-state index contributed by atoms with van der Waals surface area (Å²) in [6.45, 7) is 2.13. The Morgan fingerprint density at radius 3 is 3.06 bits per heavy atom. The number of nitrogens with one attached hydrogen (secondary N) is 1. The number of fused-ring (bicyclic) bond motifs is 1. The third-order valence-electron chi connectivity index (χ3n) is 2.32. The largest absolute Gasteiger partial charge is 0.458 e. The molecular weight excluding hydrogens is 237 g/mol. The van der Waals surface area contributed by atoms with E-state index in [1.165, 1.54) is 6.07 Å². The molecular formula is C12H12FN3O2. The van der Waals surface area contributed by atoms with Crippen molar-refractivity contribution in [1.82, 2.24) is 15.4 Å². The first-order valence-corrected chi connectivity index (χ1v) is 5.54. The van der Waals surface area contributed by atoms with Crippen LogP contribution in [-0.2, 0) is 4.74 Å². The summed E-state index contributed by atoms with van der Waals surface area (Å²) in [4.78, 5) is 11.8. The predicted octanol–water partition coefficient (Wildman–Crippen LogP) is 2.22. The number of halogens is 1. The van der Waals surface area contributed by atoms with Crippen molar-refractivity contribution in [3.63, 3.8) is 0 Å². The number of benzene rings is 1. The predicted molar refractivity (Wildman–Crippen MR) is 63.6 cm³/mol. The van der Waals surface area contributed by atoms with Crippen LogP contribution in [0, 0.1) is 5.82 Å². The summed E-state index contributed by atoms with van der Waals surface area (Å²) in [7, 11) is 0. The summed E-state index contributed by atoms with van der Waals surface area (Å²) < 4.78 is 18.3. The molecule has 5 nitrogen and oxygen atoms in total. The van der Waals surface area contributed by atoms with Gasteiger partial charge in [0.1, 0.15) is 23.5 Å². The monoisotopic (exact) mass is 249 g/mol. The Balaban J connectivity index is 2.21. The number of hydrogen-bond acceptors (Lipinski definition) is 4. The molecule has 0 spiro atoms. The van der Waals surface area contributed by atoms with E-state index >= 15 is 0 Å². The first-order valence-electron chi connectivity index (χ1n) is 5.54. The Hall–Kier alpha value is -2.24. The van der Waals surface area contributed by atoms with Crippen molar-refractivity contribution in [2.24, 2.45) is 0 Å². The lowest BCUT2D eigenvalue weighted by atomic mass is 10.2. The number of nitrogens with zero attached hydrogens (tertiary/aromatic N) is 2. The lowest BCUT2D eigenvalue weighted by Gasteiger charge is -2.02. The van der Waals surface area contributed by atoms with Crippen molar-refractivity contribution >= 4 is 17.0 Å². The van der Waals surface area contributed by atoms with E-state index in [1.807, 2.05) is 13.0 Å². The van der Waals surface area contributed by atoms with Crippen molar-refractivity contribution in [3.8, 4) is 0 Å². The molecule has 0 aliphatic heterocycles. The minimum atomic E-state index is -0.617. The molecule has 0 saturated heterocycles. The highest BCUT2D eigenvalue weighted by molar-refractivity contribution is 6.01. The topological polar surface area (TPSA) is 67.9 Å². The summed E-state index contributed by atoms with van der Waals surface area (Å²) >= 11 is 0. The molecule has 1 N–H and O–H groups in total. The molecule has 1 aromatic carbocycles. The minimum Gasteiger partial charge on any atom is -0.458 e. The van der Waals surface area contributed by atoms with Crippen LogP contribution in [0.5, 0.6) is 0 Å². The van der Waals surface area contributed by atoms with Crippen LogP contribution < -0.4 is 0 Å². The van der Waals surface area contributed by atoms with Gasteiger partial charge in [0.05, 0.1) is 5.56 Å². The fraction of sp³-hybridized carbons (Fsp3) is 0.250. The highest BCUT2D eigenvalue weighted by atomic mass is 19.1. The van der Waals surface area contributed by atoms with Crippen LogP contribution in [0.4, 0.5) is 4.39 Å². The standard InChI is InChI=1S/C12H12FN3O2/c1-2-3-4-5-18-12(17)9-6-8(13)7-10-11(9)15-16-14-10/h3-4,6-7H,2,5H2,1H3,(H,14,15,16). The van der Waals surface area contributed by atoms with E-state index < -0.39 is 11.8 Å². The molecule has 0 saturated carbocycles. The summed E-state index contributed by atoms with van der Waals surface area (Å²) in [5.74, 6) is -1.17. The van der Waals surface area contributed by atoms with Gasteiger partial charge in [0, 0.05) is 6.07 Å². The number of allylic oxidation sites excluding steroid dienone is 1. The zero-order chi connectivity index (χ0) is 13.0. The van der Waals surface area contributed by atoms with E-state index in [4.69, 9.17) is 4.74 Å². The molecule has 0 radical (unpaired) electrons. The maximum absolute atomic E-state index is 13.3. The van der Waals surface area contributed by atoms with E-state index in [2.05, 4.69) is 15.4 Å². The van der Waals surface area contributed by atoms with Gasteiger partial charge in [-0.05, 0) is 12.5 Å². The molecule has 18 heavy (non-hydrogen) atoms. The average molecular weight is 249 g/mol. The number of H-pyrrole nitrogens is 1. The number of aromatic amines is 1. The fourth-order valence-corrected chi connectivity index (χ4v) is 1.51. The zero-order valence-corrected chi connectivity index (χ0v) is 9.81. The number of carbonyl (C=O) groups excluding carboxylic acids is 1. The maximum Gasteiger partial charge on any atom is 0.340 e. The first-order chi connectivity index (χ1) is 8.72. The van der Waals surface area contributed by atoms with Gasteiger partial charge >= 0.3 is 5.97 Å². The fourth-order valence-electron chi connectivity index (χ4n) is 1.51. The molecule has 2 aromatic rings. The van der Waals surface area contributed by atoms with Crippen LogP contribution in [0.2, 0.25) is 0 Å². The molecule has 1 heterocycles. The number of aromatic nitrogens is 3. The van der Waals surface area contributed by atoms with Gasteiger partial charge in [0.2, 0.25) is 0 Å². The van der Waals surface area contributed by atoms with Gasteiger partial charge in [0.25, 0.3) is 0 Å². The van der Waals surface area contributed by atoms with Gasteiger partial charge in [-0.3, -0.25) is 0 Å². The number of hydrogen-bond donors (Lipinski definition) is 1. The Morgan fingerprint density at radius 2 is 2.28 bits per heavy atom. The van der Waals surface area contributed by atoms with Crippen molar-refractivity contribution < 1.29 is 13.9 Å². The first kappa shape index (κ1) is 12.2. The third-order valence-corrected chi connectivity index (χ3v) is 2.32. The van der Waals surface area contributed by atoms with E-state index in [0.29, 0.717) is 11.0 Å². The Kier molecular flexibility index (Phi) is 3.66. The average Bonchev–Trinajstić information content (AvgIpc) is 2.81. The van der Waals surface area contributed by atoms with E-state index in [1.54, 1.807) is 6.08 Å². The van der Waals surface area contributed by atoms with E-state index in [0.717, 1.165) is 12.5 Å². The second kappa shape index (κ2) is 5.39. The van der Waals surface area contributed by atoms with Gasteiger partial charge in [-0.2, -0.15) is 15.4 Å². The normalized spacial score (nSPS) is 11.2. The molecule has 0 aliphatic rings. The van der Waals surface area contributed by atoms with Crippen molar-refractivity contribution in [1.29, 1.82) is 0 Å². The van der Waals surface area contributed by atoms with E-state index in [9.17, 15) is 9.18 Å². The minimum absolute atomic E-state index is 0.0728. The van der Waals surface area contributed by atoms with Gasteiger partial charge in [-0.15, -0.1) is 0 Å². The Labute approximate surface area is 103 Å². The second-order valence-corrected chi connectivity index (χ2v) is 3.62. The maximum atomic E-state index is 13.3. The molecule has 2 rings (SSSR count). The second-order valence-electron chi connectivity index (χ2n) is 3.62. The molecule has 0 bridgehead atoms. The van der Waals surface area contributed by atoms with Gasteiger partial charge in [0.15, 0.2) is 0 Å². The van der Waals surface area contributed by atoms with Crippen LogP contribution in [0.15, 0.2) is 24.3 Å². The number of carbonyl (C=O) groups is 1. The molecule has 0 atom stereocenters. The van der Waals surface area contributed by atoms with Crippen LogP contribution in [-0.4, -0.2) is 28.0 Å². The van der Waals surface area contributed by atoms with Gasteiger partial charge in [-0.25, -0.2) is 9.18 Å². The lowest BCUT2D eigenvalue weighted by molar-refractivity contribution is 0.0551. The molecule has 6 heteroatoms. The van der Waals surface area contributed by atoms with Crippen LogP contribution in [0.3, 0.4) is 0 Å². The summed E-state index contributed by atoms with van der Waals surface area (Å²) in [6.07, 6.45) is 4.48. The summed E-state index contributed by atoms with van der Waals surface area (Å²) in [6, 6.07) is 2.29. The number of ether oxygens (including phenoxy) is 1. The Morgan fingerprint density at radius 1 is 1.44 bits per heavy atom. The van der Waals surface area contributed by atoms with Gasteiger partial charge in [-0.1, -0.05) is 19.1 Å². The van der Waals surface area contributed by atoms with E-state index in [-0.39, 0.29) is 12.2 Å². The molecule has 94 valence electrons. The van der Waals surface area contributed by atoms with Crippen molar-refractivity contribution in [3.05, 3.63) is 35.7 Å². The van der Waals surface area contributed by atoms with Gasteiger partial charge < -0.3 is 4.74 Å². The zero-order valence-electron chi connectivity index (χ0n) is 9.81. The molecule has 0 fully saturated rings. The van der Waals surface area contributed by atoms with Crippen LogP contribution >= 0.6 is 0 Å². The highest BCUT2D eigenvalue weighted by Gasteiger charge is 2.15. The number of rotatable bonds is 4. The van der Waals surface area contributed by atoms with Crippen LogP contribution in [0.1, 0.15) is 23.7 Å². The smallest absolute Gasteiger partial charge is 0.340 e. The van der Waals surface area contributed by atoms with Crippen molar-refractivity contribution in [2.45, 2.75) is 13.3 Å². The quantitative estimate of drug-likeness (QED) is 0.666. The lowest BCUT2D eigenvalue weighted by Crippen LogP contribution is -2.06. The molecule has 0 unspecified atom stereocenters. The molecule has 0 amide bonds. The summed E-state index contributed by atoms with van der Waals surface area (Å²) in [5, 5.41) is 9.89. The Bertz CT molecular complexity index is 592. The summed E-state index contributed by atoms with van der Waals surface area (Å²) in [5.41, 5.74) is 0.676. The van der Waals surface area contributed by atoms with Crippen LogP contribution in [0.25, 0.3) is 11.0 Å². The SMILES string of the molecule is CCC=CCOC(=O)c1cc(F)cc2n[nH]nc12. The number of esters is 1. The molecule has 0 aliphatic carbocycles. The van der Waals surface area contributed by atoms with Crippen molar-refractivity contribution in [2.75, 3.05) is 6.61 Å². The molecule has 1 aromatic heterocycles.